The fraction of sp³-hybridized carbons (Fsp3) is 0.842. The summed E-state index contributed by atoms with van der Waals surface area (Å²) >= 11 is 0. The molecule has 1 saturated heterocycles. The Bertz CT molecular complexity index is 544. The third-order valence-corrected chi connectivity index (χ3v) is 7.64. The fourth-order valence-corrected chi connectivity index (χ4v) is 6.54. The van der Waals surface area contributed by atoms with Crippen molar-refractivity contribution in [2.75, 3.05) is 13.6 Å². The number of carbonyl (C=O) groups excluding carboxylic acids is 1. The van der Waals surface area contributed by atoms with E-state index in [9.17, 15) is 9.18 Å². The van der Waals surface area contributed by atoms with E-state index in [1.807, 2.05) is 6.08 Å². The van der Waals surface area contributed by atoms with Gasteiger partial charge in [0.2, 0.25) is 0 Å². The highest BCUT2D eigenvalue weighted by Gasteiger charge is 2.59. The second kappa shape index (κ2) is 4.58. The molecule has 2 saturated carbocycles. The van der Waals surface area contributed by atoms with Crippen LogP contribution in [0.1, 0.15) is 52.4 Å². The predicted octanol–water partition coefficient (Wildman–Crippen LogP) is 3.97. The lowest BCUT2D eigenvalue weighted by atomic mass is 9.50. The van der Waals surface area contributed by atoms with E-state index in [1.54, 1.807) is 0 Å². The number of hydrogen-bond donors (Lipinski definition) is 0. The normalized spacial score (nSPS) is 51.0. The van der Waals surface area contributed by atoms with Crippen molar-refractivity contribution in [1.29, 1.82) is 0 Å². The monoisotopic (exact) mass is 305 g/mol. The van der Waals surface area contributed by atoms with Crippen LogP contribution in [-0.2, 0) is 4.79 Å². The molecule has 3 fully saturated rings. The van der Waals surface area contributed by atoms with Gasteiger partial charge < -0.3 is 4.90 Å². The molecule has 0 aromatic rings. The predicted molar refractivity (Wildman–Crippen MR) is 85.0 cm³/mol. The number of likely N-dealkylation sites (tertiary alicyclic amines) is 1. The first-order valence-corrected chi connectivity index (χ1v) is 8.94. The minimum Gasteiger partial charge on any atom is -0.377 e. The smallest absolute Gasteiger partial charge is 0.157 e. The summed E-state index contributed by atoms with van der Waals surface area (Å²) in [5.41, 5.74) is 1.59. The number of piperidine rings is 1. The van der Waals surface area contributed by atoms with Crippen LogP contribution in [0.15, 0.2) is 11.8 Å². The molecule has 4 aliphatic rings. The minimum atomic E-state index is -0.600. The van der Waals surface area contributed by atoms with E-state index in [2.05, 4.69) is 25.8 Å². The molecule has 0 unspecified atom stereocenters. The number of halogens is 1. The van der Waals surface area contributed by atoms with Crippen molar-refractivity contribution >= 4 is 5.78 Å². The Hall–Kier alpha value is -0.860. The van der Waals surface area contributed by atoms with Gasteiger partial charge in [-0.2, -0.15) is 0 Å². The summed E-state index contributed by atoms with van der Waals surface area (Å²) in [5.74, 6) is 2.04. The molecular formula is C19H28FNO. The highest BCUT2D eigenvalue weighted by molar-refractivity contribution is 5.91. The van der Waals surface area contributed by atoms with Gasteiger partial charge in [-0.1, -0.05) is 13.8 Å². The van der Waals surface area contributed by atoms with Gasteiger partial charge in [0.1, 0.15) is 6.17 Å². The third kappa shape index (κ3) is 1.86. The quantitative estimate of drug-likeness (QED) is 0.675. The molecule has 22 heavy (non-hydrogen) atoms. The Labute approximate surface area is 133 Å². The molecule has 0 N–H and O–H groups in total. The number of rotatable bonds is 0. The average molecular weight is 305 g/mol. The van der Waals surface area contributed by atoms with Gasteiger partial charge >= 0.3 is 0 Å². The van der Waals surface area contributed by atoms with Crippen molar-refractivity contribution in [3.63, 3.8) is 0 Å². The Balaban J connectivity index is 1.72. The topological polar surface area (TPSA) is 20.3 Å². The number of nitrogens with zero attached hydrogens (tertiary/aromatic N) is 1. The molecule has 6 atom stereocenters. The van der Waals surface area contributed by atoms with E-state index < -0.39 is 6.17 Å². The highest BCUT2D eigenvalue weighted by atomic mass is 19.1. The molecule has 1 heterocycles. The Morgan fingerprint density at radius 3 is 2.82 bits per heavy atom. The van der Waals surface area contributed by atoms with Crippen LogP contribution in [0, 0.1) is 28.6 Å². The molecule has 3 aliphatic carbocycles. The third-order valence-electron chi connectivity index (χ3n) is 7.64. The summed E-state index contributed by atoms with van der Waals surface area (Å²) in [6, 6.07) is 0. The zero-order chi connectivity index (χ0) is 15.7. The van der Waals surface area contributed by atoms with Crippen LogP contribution in [0.2, 0.25) is 0 Å². The number of hydrogen-bond acceptors (Lipinski definition) is 2. The second-order valence-electron chi connectivity index (χ2n) is 8.90. The van der Waals surface area contributed by atoms with Gasteiger partial charge in [-0.3, -0.25) is 4.79 Å². The van der Waals surface area contributed by atoms with Crippen molar-refractivity contribution < 1.29 is 9.18 Å². The number of allylic oxidation sites excluding steroid dienone is 2. The van der Waals surface area contributed by atoms with Gasteiger partial charge in [-0.15, -0.1) is 0 Å². The first-order valence-electron chi connectivity index (χ1n) is 8.94. The number of alkyl halides is 1. The molecule has 0 aromatic carbocycles. The van der Waals surface area contributed by atoms with Crippen LogP contribution in [0.5, 0.6) is 0 Å². The van der Waals surface area contributed by atoms with E-state index in [0.717, 1.165) is 25.8 Å². The Morgan fingerprint density at radius 1 is 1.27 bits per heavy atom. The number of carbonyl (C=O) groups is 1. The van der Waals surface area contributed by atoms with E-state index in [0.29, 0.717) is 24.2 Å². The maximum Gasteiger partial charge on any atom is 0.157 e. The van der Waals surface area contributed by atoms with Crippen LogP contribution in [0.25, 0.3) is 0 Å². The maximum atomic E-state index is 14.1. The van der Waals surface area contributed by atoms with Gasteiger partial charge in [0.25, 0.3) is 0 Å². The summed E-state index contributed by atoms with van der Waals surface area (Å²) in [4.78, 5) is 14.2. The van der Waals surface area contributed by atoms with Gasteiger partial charge in [0.15, 0.2) is 5.78 Å². The SMILES string of the molecule is CN1C[C@H]2[C@@H]3C[C@H](F)C[C@@]3(C)CC[C@@H]2[C@@]2(C)CCC(=O)C=C12. The van der Waals surface area contributed by atoms with Crippen molar-refractivity contribution in [2.24, 2.45) is 28.6 Å². The molecule has 0 amide bonds. The molecule has 0 bridgehead atoms. The number of ketones is 1. The first-order chi connectivity index (χ1) is 10.3. The molecule has 3 heteroatoms. The molecule has 0 spiro atoms. The first kappa shape index (κ1) is 14.7. The van der Waals surface area contributed by atoms with Crippen molar-refractivity contribution in [3.8, 4) is 0 Å². The molecule has 0 aromatic heterocycles. The fourth-order valence-electron chi connectivity index (χ4n) is 6.54. The van der Waals surface area contributed by atoms with E-state index in [1.165, 1.54) is 18.5 Å². The van der Waals surface area contributed by atoms with E-state index >= 15 is 0 Å². The van der Waals surface area contributed by atoms with Crippen LogP contribution in [0.4, 0.5) is 4.39 Å². The van der Waals surface area contributed by atoms with Crippen LogP contribution in [0.3, 0.4) is 0 Å². The summed E-state index contributed by atoms with van der Waals surface area (Å²) in [7, 11) is 2.13. The van der Waals surface area contributed by atoms with Crippen LogP contribution in [-0.4, -0.2) is 30.4 Å². The molecule has 2 nitrogen and oxygen atoms in total. The molecule has 4 rings (SSSR count). The number of fused-ring (bicyclic) bond motifs is 5. The molecule has 122 valence electrons. The zero-order valence-electron chi connectivity index (χ0n) is 14.1. The summed E-state index contributed by atoms with van der Waals surface area (Å²) in [6.45, 7) is 5.70. The second-order valence-corrected chi connectivity index (χ2v) is 8.90. The lowest BCUT2D eigenvalue weighted by Crippen LogP contribution is -2.56. The lowest BCUT2D eigenvalue weighted by molar-refractivity contribution is -0.118. The Kier molecular flexibility index (Phi) is 3.06. The van der Waals surface area contributed by atoms with E-state index in [-0.39, 0.29) is 16.6 Å². The summed E-state index contributed by atoms with van der Waals surface area (Å²) in [5, 5.41) is 0. The Morgan fingerprint density at radius 2 is 2.05 bits per heavy atom. The summed E-state index contributed by atoms with van der Waals surface area (Å²) in [6.07, 6.45) is 6.87. The van der Waals surface area contributed by atoms with Crippen molar-refractivity contribution in [1.82, 2.24) is 4.90 Å². The zero-order valence-corrected chi connectivity index (χ0v) is 14.1. The van der Waals surface area contributed by atoms with Gasteiger partial charge in [-0.05, 0) is 55.3 Å². The largest absolute Gasteiger partial charge is 0.377 e. The minimum absolute atomic E-state index is 0.126. The van der Waals surface area contributed by atoms with Gasteiger partial charge in [0, 0.05) is 37.2 Å². The van der Waals surface area contributed by atoms with Crippen molar-refractivity contribution in [2.45, 2.75) is 58.5 Å². The molecule has 1 aliphatic heterocycles. The average Bonchev–Trinajstić information content (AvgIpc) is 2.76. The van der Waals surface area contributed by atoms with Gasteiger partial charge in [0.05, 0.1) is 0 Å². The van der Waals surface area contributed by atoms with Crippen LogP contribution < -0.4 is 0 Å². The highest BCUT2D eigenvalue weighted by Crippen LogP contribution is 2.64. The van der Waals surface area contributed by atoms with Crippen LogP contribution >= 0.6 is 0 Å². The standard InChI is InChI=1S/C19H28FNO/c1-18-6-5-15-14(16(18)8-12(20)10-18)11-21(3)17-9-13(22)4-7-19(15,17)2/h9,12,14-16H,4-8,10-11H2,1-3H3/t12-,14+,15-,16-,18+,19+/m0/s1. The lowest BCUT2D eigenvalue weighted by Gasteiger charge is -2.59. The van der Waals surface area contributed by atoms with Gasteiger partial charge in [-0.25, -0.2) is 4.39 Å². The maximum absolute atomic E-state index is 14.1. The van der Waals surface area contributed by atoms with E-state index in [4.69, 9.17) is 0 Å². The molecular weight excluding hydrogens is 277 g/mol. The van der Waals surface area contributed by atoms with Crippen molar-refractivity contribution in [3.05, 3.63) is 11.8 Å². The molecule has 0 radical (unpaired) electrons. The summed E-state index contributed by atoms with van der Waals surface area (Å²) < 4.78 is 14.1.